The average Bonchev–Trinajstić information content (AvgIpc) is 3.02. The number of carboxylic acid groups (broad SMARTS) is 1. The Hall–Kier alpha value is -1.78. The first kappa shape index (κ1) is 12.7. The van der Waals surface area contributed by atoms with Gasteiger partial charge in [0.25, 0.3) is 5.91 Å². The quantitative estimate of drug-likeness (QED) is 0.835. The molecule has 1 amide bonds. The molecular weight excluding hydrogens is 232 g/mol. The van der Waals surface area contributed by atoms with Crippen LogP contribution in [-0.2, 0) is 4.79 Å². The molecule has 98 valence electrons. The largest absolute Gasteiger partial charge is 0.480 e. The summed E-state index contributed by atoms with van der Waals surface area (Å²) in [5, 5.41) is 11.6. The number of nitrogens with one attached hydrogen (secondary N) is 1. The molecule has 1 aliphatic rings. The molecule has 18 heavy (non-hydrogen) atoms. The number of hydrogen-bond acceptors (Lipinski definition) is 2. The van der Waals surface area contributed by atoms with Crippen LogP contribution in [0.2, 0.25) is 0 Å². The number of rotatable bonds is 5. The van der Waals surface area contributed by atoms with E-state index < -0.39 is 12.0 Å². The van der Waals surface area contributed by atoms with Crippen molar-refractivity contribution < 1.29 is 14.7 Å². The van der Waals surface area contributed by atoms with Crippen LogP contribution in [0.5, 0.6) is 0 Å². The number of carbonyl (C=O) groups excluding carboxylic acids is 1. The van der Waals surface area contributed by atoms with E-state index in [9.17, 15) is 9.59 Å². The maximum atomic E-state index is 12.1. The zero-order chi connectivity index (χ0) is 13.3. The van der Waals surface area contributed by atoms with E-state index in [2.05, 4.69) is 5.32 Å². The molecule has 0 radical (unpaired) electrons. The van der Waals surface area contributed by atoms with Crippen LogP contribution in [-0.4, -0.2) is 27.6 Å². The molecule has 0 aromatic carbocycles. The minimum Gasteiger partial charge on any atom is -0.480 e. The Labute approximate surface area is 106 Å². The number of aliphatic carboxylic acids is 1. The fourth-order valence-corrected chi connectivity index (χ4v) is 1.99. The van der Waals surface area contributed by atoms with Gasteiger partial charge in [0.05, 0.1) is 0 Å². The molecule has 1 unspecified atom stereocenters. The van der Waals surface area contributed by atoms with Gasteiger partial charge in [-0.2, -0.15) is 0 Å². The van der Waals surface area contributed by atoms with Crippen LogP contribution in [0.25, 0.3) is 0 Å². The highest BCUT2D eigenvalue weighted by Gasteiger charge is 2.29. The minimum absolute atomic E-state index is 0.143. The lowest BCUT2D eigenvalue weighted by molar-refractivity contribution is -0.140. The van der Waals surface area contributed by atoms with Gasteiger partial charge in [-0.1, -0.05) is 13.8 Å². The second-order valence-corrected chi connectivity index (χ2v) is 5.07. The average molecular weight is 250 g/mol. The highest BCUT2D eigenvalue weighted by atomic mass is 16.4. The molecule has 0 aliphatic heterocycles. The molecule has 5 heteroatoms. The normalized spacial score (nSPS) is 16.6. The van der Waals surface area contributed by atoms with Crippen LogP contribution in [0.1, 0.15) is 43.2 Å². The Morgan fingerprint density at radius 2 is 2.11 bits per heavy atom. The van der Waals surface area contributed by atoms with E-state index in [1.54, 1.807) is 19.9 Å². The Balaban J connectivity index is 2.11. The molecule has 1 aromatic rings. The van der Waals surface area contributed by atoms with Crippen LogP contribution in [0, 0.1) is 5.92 Å². The van der Waals surface area contributed by atoms with Gasteiger partial charge >= 0.3 is 5.97 Å². The van der Waals surface area contributed by atoms with Crippen molar-refractivity contribution in [3.63, 3.8) is 0 Å². The van der Waals surface area contributed by atoms with Gasteiger partial charge < -0.3 is 15.0 Å². The van der Waals surface area contributed by atoms with Crippen molar-refractivity contribution in [2.24, 2.45) is 5.92 Å². The van der Waals surface area contributed by atoms with Crippen molar-refractivity contribution in [3.8, 4) is 0 Å². The van der Waals surface area contributed by atoms with E-state index in [0.29, 0.717) is 11.7 Å². The molecule has 1 fully saturated rings. The fraction of sp³-hybridized carbons (Fsp3) is 0.538. The predicted molar refractivity (Wildman–Crippen MR) is 66.4 cm³/mol. The number of aromatic nitrogens is 1. The van der Waals surface area contributed by atoms with Crippen LogP contribution >= 0.6 is 0 Å². The van der Waals surface area contributed by atoms with Gasteiger partial charge in [0.1, 0.15) is 11.7 Å². The number of amides is 1. The van der Waals surface area contributed by atoms with Crippen LogP contribution in [0.3, 0.4) is 0 Å². The zero-order valence-electron chi connectivity index (χ0n) is 10.6. The lowest BCUT2D eigenvalue weighted by atomic mass is 10.0. The van der Waals surface area contributed by atoms with Crippen LogP contribution in [0.15, 0.2) is 18.3 Å². The molecule has 1 aromatic heterocycles. The van der Waals surface area contributed by atoms with Crippen molar-refractivity contribution >= 4 is 11.9 Å². The predicted octanol–water partition coefficient (Wildman–Crippen LogP) is 1.66. The lowest BCUT2D eigenvalue weighted by Crippen LogP contribution is -2.44. The first-order valence-electron chi connectivity index (χ1n) is 6.21. The monoisotopic (exact) mass is 250 g/mol. The maximum Gasteiger partial charge on any atom is 0.326 e. The maximum absolute atomic E-state index is 12.1. The van der Waals surface area contributed by atoms with Gasteiger partial charge in [-0.05, 0) is 30.9 Å². The Kier molecular flexibility index (Phi) is 3.41. The van der Waals surface area contributed by atoms with Crippen molar-refractivity contribution in [3.05, 3.63) is 24.0 Å². The van der Waals surface area contributed by atoms with Gasteiger partial charge in [0.2, 0.25) is 0 Å². The van der Waals surface area contributed by atoms with E-state index in [-0.39, 0.29) is 11.8 Å². The summed E-state index contributed by atoms with van der Waals surface area (Å²) in [5.41, 5.74) is 0.546. The zero-order valence-corrected chi connectivity index (χ0v) is 10.6. The van der Waals surface area contributed by atoms with Gasteiger partial charge in [0.15, 0.2) is 0 Å². The van der Waals surface area contributed by atoms with Crippen molar-refractivity contribution in [2.75, 3.05) is 0 Å². The van der Waals surface area contributed by atoms with Crippen molar-refractivity contribution in [2.45, 2.75) is 38.8 Å². The smallest absolute Gasteiger partial charge is 0.326 e. The summed E-state index contributed by atoms with van der Waals surface area (Å²) in [7, 11) is 0. The van der Waals surface area contributed by atoms with E-state index in [1.165, 1.54) is 0 Å². The molecule has 0 bridgehead atoms. The molecule has 1 aliphatic carbocycles. The third kappa shape index (κ3) is 2.55. The highest BCUT2D eigenvalue weighted by molar-refractivity contribution is 5.95. The summed E-state index contributed by atoms with van der Waals surface area (Å²) in [4.78, 5) is 23.1. The van der Waals surface area contributed by atoms with Crippen molar-refractivity contribution in [1.29, 1.82) is 0 Å². The van der Waals surface area contributed by atoms with E-state index >= 15 is 0 Å². The highest BCUT2D eigenvalue weighted by Crippen LogP contribution is 2.35. The van der Waals surface area contributed by atoms with Crippen molar-refractivity contribution in [1.82, 2.24) is 9.88 Å². The summed E-state index contributed by atoms with van der Waals surface area (Å²) in [6.07, 6.45) is 4.04. The molecule has 1 atom stereocenters. The fourth-order valence-electron chi connectivity index (χ4n) is 1.99. The molecule has 2 rings (SSSR count). The van der Waals surface area contributed by atoms with Gasteiger partial charge in [-0.25, -0.2) is 4.79 Å². The summed E-state index contributed by atoms with van der Waals surface area (Å²) >= 11 is 0. The Morgan fingerprint density at radius 1 is 1.44 bits per heavy atom. The molecule has 1 heterocycles. The second-order valence-electron chi connectivity index (χ2n) is 5.07. The molecule has 0 saturated heterocycles. The molecule has 2 N–H and O–H groups in total. The van der Waals surface area contributed by atoms with Crippen LogP contribution < -0.4 is 5.32 Å². The number of carbonyl (C=O) groups is 2. The summed E-state index contributed by atoms with van der Waals surface area (Å²) in [6, 6.07) is 3.11. The first-order chi connectivity index (χ1) is 8.50. The molecule has 5 nitrogen and oxygen atoms in total. The molecule has 0 spiro atoms. The topological polar surface area (TPSA) is 71.3 Å². The number of nitrogens with zero attached hydrogens (tertiary/aromatic N) is 1. The standard InChI is InChI=1S/C13H18N2O3/c1-8(2)11(13(17)18)14-12(16)10-4-3-7-15(10)9-5-6-9/h3-4,7-9,11H,5-6H2,1-2H3,(H,14,16)(H,17,18). The number of carboxylic acids is 1. The van der Waals surface area contributed by atoms with Gasteiger partial charge in [-0.3, -0.25) is 4.79 Å². The molecular formula is C13H18N2O3. The van der Waals surface area contributed by atoms with Crippen LogP contribution in [0.4, 0.5) is 0 Å². The first-order valence-corrected chi connectivity index (χ1v) is 6.21. The summed E-state index contributed by atoms with van der Waals surface area (Å²) < 4.78 is 1.93. The molecule has 1 saturated carbocycles. The van der Waals surface area contributed by atoms with E-state index in [4.69, 9.17) is 5.11 Å². The van der Waals surface area contributed by atoms with Gasteiger partial charge in [0, 0.05) is 12.2 Å². The SMILES string of the molecule is CC(C)C(NC(=O)c1cccn1C1CC1)C(=O)O. The summed E-state index contributed by atoms with van der Waals surface area (Å²) in [6.45, 7) is 3.55. The van der Waals surface area contributed by atoms with E-state index in [0.717, 1.165) is 12.8 Å². The Bertz CT molecular complexity index is 461. The second kappa shape index (κ2) is 4.84. The van der Waals surface area contributed by atoms with Gasteiger partial charge in [-0.15, -0.1) is 0 Å². The Morgan fingerprint density at radius 3 is 2.61 bits per heavy atom. The number of hydrogen-bond donors (Lipinski definition) is 2. The third-order valence-electron chi connectivity index (χ3n) is 3.17. The third-order valence-corrected chi connectivity index (χ3v) is 3.17. The minimum atomic E-state index is -0.997. The summed E-state index contributed by atoms with van der Waals surface area (Å²) in [5.74, 6) is -1.45. The van der Waals surface area contributed by atoms with E-state index in [1.807, 2.05) is 16.8 Å². The lowest BCUT2D eigenvalue weighted by Gasteiger charge is -2.18.